The number of hydrogen-bond donors (Lipinski definition) is 0. The highest BCUT2D eigenvalue weighted by Crippen LogP contribution is 2.35. The third-order valence-electron chi connectivity index (χ3n) is 4.78. The summed E-state index contributed by atoms with van der Waals surface area (Å²) in [6.45, 7) is 5.01. The fraction of sp³-hybridized carbons (Fsp3) is 0.412. The lowest BCUT2D eigenvalue weighted by Crippen LogP contribution is -2.70. The summed E-state index contributed by atoms with van der Waals surface area (Å²) >= 11 is 0. The molecule has 0 radical (unpaired) electrons. The van der Waals surface area contributed by atoms with Crippen molar-refractivity contribution in [2.24, 2.45) is 0 Å². The highest BCUT2D eigenvalue weighted by Gasteiger charge is 2.48. The lowest BCUT2D eigenvalue weighted by atomic mass is 9.87. The number of anilines is 1. The molecule has 1 amide bonds. The first-order valence-corrected chi connectivity index (χ1v) is 8.02. The van der Waals surface area contributed by atoms with E-state index in [4.69, 9.17) is 0 Å². The molecule has 3 aliphatic heterocycles. The molecule has 2 aromatic rings. The fourth-order valence-electron chi connectivity index (χ4n) is 3.54. The first-order valence-electron chi connectivity index (χ1n) is 8.02. The lowest BCUT2D eigenvalue weighted by molar-refractivity contribution is 0.00521. The van der Waals surface area contributed by atoms with E-state index in [0.29, 0.717) is 5.69 Å². The van der Waals surface area contributed by atoms with Crippen LogP contribution in [0.1, 0.15) is 28.3 Å². The molecule has 3 fully saturated rings. The molecule has 24 heavy (non-hydrogen) atoms. The molecule has 5 heterocycles. The number of rotatable bonds is 2. The van der Waals surface area contributed by atoms with Crippen molar-refractivity contribution < 1.29 is 9.18 Å². The van der Waals surface area contributed by atoms with Crippen LogP contribution < -0.4 is 4.90 Å². The molecule has 2 atom stereocenters. The SMILES string of the molecule is Cc1cc(N2CC3CC(C2)N3C(=O)c2ccc(F)c(C)n2)ncn1. The van der Waals surface area contributed by atoms with E-state index in [1.807, 2.05) is 17.9 Å². The topological polar surface area (TPSA) is 62.2 Å². The molecule has 6 nitrogen and oxygen atoms in total. The molecular formula is C17H18FN5O. The minimum atomic E-state index is -0.388. The predicted octanol–water partition coefficient (Wildman–Crippen LogP) is 1.73. The van der Waals surface area contributed by atoms with Crippen molar-refractivity contribution in [3.05, 3.63) is 47.4 Å². The van der Waals surface area contributed by atoms with Crippen molar-refractivity contribution in [3.63, 3.8) is 0 Å². The summed E-state index contributed by atoms with van der Waals surface area (Å²) in [6, 6.07) is 5.03. The molecule has 0 aliphatic carbocycles. The van der Waals surface area contributed by atoms with E-state index >= 15 is 0 Å². The van der Waals surface area contributed by atoms with E-state index in [1.54, 1.807) is 13.3 Å². The second kappa shape index (κ2) is 5.51. The van der Waals surface area contributed by atoms with Crippen LogP contribution in [0.2, 0.25) is 0 Å². The molecule has 0 N–H and O–H groups in total. The molecule has 3 aliphatic rings. The molecule has 3 saturated heterocycles. The van der Waals surface area contributed by atoms with Crippen LogP contribution in [0.25, 0.3) is 0 Å². The standard InChI is InChI=1S/C17H18FN5O/c1-10-5-16(20-9-19-10)22-7-12-6-13(8-22)23(12)17(24)15-4-3-14(18)11(2)21-15/h3-5,9,12-13H,6-8H2,1-2H3. The Morgan fingerprint density at radius 3 is 2.62 bits per heavy atom. The average Bonchev–Trinajstić information content (AvgIpc) is 2.57. The predicted molar refractivity (Wildman–Crippen MR) is 86.3 cm³/mol. The molecule has 0 saturated carbocycles. The zero-order chi connectivity index (χ0) is 16.8. The molecule has 7 heteroatoms. The third-order valence-corrected chi connectivity index (χ3v) is 4.78. The monoisotopic (exact) mass is 327 g/mol. The molecular weight excluding hydrogens is 309 g/mol. The van der Waals surface area contributed by atoms with Crippen LogP contribution in [-0.2, 0) is 0 Å². The summed E-state index contributed by atoms with van der Waals surface area (Å²) in [5, 5.41) is 0. The number of carbonyl (C=O) groups is 1. The van der Waals surface area contributed by atoms with Crippen molar-refractivity contribution in [1.29, 1.82) is 0 Å². The highest BCUT2D eigenvalue weighted by atomic mass is 19.1. The summed E-state index contributed by atoms with van der Waals surface area (Å²) in [5.74, 6) is 0.401. The van der Waals surface area contributed by atoms with Gasteiger partial charge >= 0.3 is 0 Å². The maximum absolute atomic E-state index is 13.4. The van der Waals surface area contributed by atoms with E-state index in [9.17, 15) is 9.18 Å². The number of nitrogens with zero attached hydrogens (tertiary/aromatic N) is 5. The van der Waals surface area contributed by atoms with Gasteiger partial charge in [0.05, 0.1) is 17.8 Å². The van der Waals surface area contributed by atoms with Gasteiger partial charge in [0.25, 0.3) is 5.91 Å². The zero-order valence-electron chi connectivity index (χ0n) is 13.6. The van der Waals surface area contributed by atoms with Crippen LogP contribution >= 0.6 is 0 Å². The van der Waals surface area contributed by atoms with Crippen LogP contribution in [0, 0.1) is 19.7 Å². The van der Waals surface area contributed by atoms with E-state index in [0.717, 1.165) is 31.0 Å². The Labute approximate surface area is 139 Å². The number of hydrogen-bond acceptors (Lipinski definition) is 5. The van der Waals surface area contributed by atoms with Gasteiger partial charge in [0.1, 0.15) is 23.7 Å². The number of aromatic nitrogens is 3. The van der Waals surface area contributed by atoms with E-state index in [-0.39, 0.29) is 29.5 Å². The van der Waals surface area contributed by atoms with Gasteiger partial charge in [-0.25, -0.2) is 19.3 Å². The molecule has 5 rings (SSSR count). The van der Waals surface area contributed by atoms with Gasteiger partial charge < -0.3 is 9.80 Å². The zero-order valence-corrected chi connectivity index (χ0v) is 13.6. The Hall–Kier alpha value is -2.57. The normalized spacial score (nSPS) is 22.3. The first-order chi connectivity index (χ1) is 11.5. The Kier molecular flexibility index (Phi) is 3.44. The largest absolute Gasteiger partial charge is 0.352 e. The van der Waals surface area contributed by atoms with E-state index in [2.05, 4.69) is 19.9 Å². The summed E-state index contributed by atoms with van der Waals surface area (Å²) < 4.78 is 13.4. The van der Waals surface area contributed by atoms with Crippen LogP contribution in [0.4, 0.5) is 10.2 Å². The van der Waals surface area contributed by atoms with Crippen LogP contribution in [0.15, 0.2) is 24.5 Å². The van der Waals surface area contributed by atoms with E-state index < -0.39 is 0 Å². The second-order valence-corrected chi connectivity index (χ2v) is 6.44. The number of pyridine rings is 1. The number of amides is 1. The van der Waals surface area contributed by atoms with Gasteiger partial charge in [0.2, 0.25) is 0 Å². The van der Waals surface area contributed by atoms with Gasteiger partial charge in [0, 0.05) is 24.8 Å². The van der Waals surface area contributed by atoms with Crippen LogP contribution in [0.3, 0.4) is 0 Å². The molecule has 2 unspecified atom stereocenters. The second-order valence-electron chi connectivity index (χ2n) is 6.44. The Morgan fingerprint density at radius 1 is 1.21 bits per heavy atom. The maximum atomic E-state index is 13.4. The smallest absolute Gasteiger partial charge is 0.273 e. The van der Waals surface area contributed by atoms with Gasteiger partial charge in [-0.05, 0) is 32.4 Å². The van der Waals surface area contributed by atoms with Crippen molar-refractivity contribution >= 4 is 11.7 Å². The summed E-state index contributed by atoms with van der Waals surface area (Å²) in [5.41, 5.74) is 1.50. The quantitative estimate of drug-likeness (QED) is 0.841. The average molecular weight is 327 g/mol. The van der Waals surface area contributed by atoms with Crippen molar-refractivity contribution in [2.75, 3.05) is 18.0 Å². The van der Waals surface area contributed by atoms with Crippen LogP contribution in [-0.4, -0.2) is 50.9 Å². The summed E-state index contributed by atoms with van der Waals surface area (Å²) in [4.78, 5) is 29.3. The molecule has 124 valence electrons. The van der Waals surface area contributed by atoms with E-state index in [1.165, 1.54) is 12.1 Å². The number of aryl methyl sites for hydroxylation is 2. The fourth-order valence-corrected chi connectivity index (χ4v) is 3.54. The lowest BCUT2D eigenvalue weighted by Gasteiger charge is -2.56. The van der Waals surface area contributed by atoms with Gasteiger partial charge in [0.15, 0.2) is 0 Å². The molecule has 2 aromatic heterocycles. The van der Waals surface area contributed by atoms with Gasteiger partial charge in [-0.3, -0.25) is 4.79 Å². The summed E-state index contributed by atoms with van der Waals surface area (Å²) in [7, 11) is 0. The number of carbonyl (C=O) groups excluding carboxylic acids is 1. The molecule has 0 aromatic carbocycles. The number of piperazine rings is 1. The Morgan fingerprint density at radius 2 is 1.96 bits per heavy atom. The third kappa shape index (κ3) is 2.40. The van der Waals surface area contributed by atoms with Crippen molar-refractivity contribution in [2.45, 2.75) is 32.4 Å². The molecule has 2 bridgehead atoms. The summed E-state index contributed by atoms with van der Waals surface area (Å²) in [6.07, 6.45) is 2.56. The number of fused-ring (bicyclic) bond motifs is 2. The van der Waals surface area contributed by atoms with Gasteiger partial charge in [-0.2, -0.15) is 0 Å². The maximum Gasteiger partial charge on any atom is 0.273 e. The van der Waals surface area contributed by atoms with Crippen molar-refractivity contribution in [3.8, 4) is 0 Å². The number of halogens is 1. The van der Waals surface area contributed by atoms with Gasteiger partial charge in [-0.15, -0.1) is 0 Å². The Bertz CT molecular complexity index is 799. The van der Waals surface area contributed by atoms with Crippen molar-refractivity contribution in [1.82, 2.24) is 19.9 Å². The van der Waals surface area contributed by atoms with Crippen LogP contribution in [0.5, 0.6) is 0 Å². The Balaban J connectivity index is 1.50. The highest BCUT2D eigenvalue weighted by molar-refractivity contribution is 5.93. The first kappa shape index (κ1) is 15.0. The molecule has 0 spiro atoms. The van der Waals surface area contributed by atoms with Gasteiger partial charge in [-0.1, -0.05) is 0 Å². The number of piperidine rings is 1. The minimum Gasteiger partial charge on any atom is -0.352 e. The minimum absolute atomic E-state index is 0.113.